The fourth-order valence-corrected chi connectivity index (χ4v) is 11.8. The van der Waals surface area contributed by atoms with E-state index in [4.69, 9.17) is 9.47 Å². The van der Waals surface area contributed by atoms with Gasteiger partial charge in [0.2, 0.25) is 0 Å². The molecule has 1 spiro atoms. The van der Waals surface area contributed by atoms with E-state index in [0.29, 0.717) is 12.0 Å². The van der Waals surface area contributed by atoms with Gasteiger partial charge in [0.1, 0.15) is 0 Å². The first kappa shape index (κ1) is 31.3. The van der Waals surface area contributed by atoms with Gasteiger partial charge in [0.25, 0.3) is 0 Å². The van der Waals surface area contributed by atoms with Gasteiger partial charge in [0, 0.05) is 53.1 Å². The SMILES string of the molecule is C1=CC2OC3CCCC=C3C3(C2C=C1)C1C=CC(C2CC=CCN2)=CC1OC1C=CC(C2=CC=CC4C2C2=C(C=CCC2)N4c2ccccc2)=CC13. The minimum absolute atomic E-state index is 0.00676. The molecule has 1 N–H and O–H groups in total. The first-order valence-electron chi connectivity index (χ1n) is 20.0. The molecular weight excluding hydrogens is 637 g/mol. The van der Waals surface area contributed by atoms with E-state index in [-0.39, 0.29) is 53.6 Å². The molecule has 1 aromatic carbocycles. The predicted octanol–water partition coefficient (Wildman–Crippen LogP) is 9.11. The highest BCUT2D eigenvalue weighted by Crippen LogP contribution is 2.65. The number of nitrogens with zero attached hydrogens (tertiary/aromatic N) is 1. The molecule has 0 bridgehead atoms. The van der Waals surface area contributed by atoms with E-state index < -0.39 is 0 Å². The number of allylic oxidation sites excluding steroid dienone is 9. The maximum atomic E-state index is 7.31. The van der Waals surface area contributed by atoms with Gasteiger partial charge in [-0.15, -0.1) is 0 Å². The van der Waals surface area contributed by atoms with E-state index in [9.17, 15) is 0 Å². The van der Waals surface area contributed by atoms with Gasteiger partial charge in [-0.3, -0.25) is 0 Å². The van der Waals surface area contributed by atoms with Crippen molar-refractivity contribution in [3.8, 4) is 0 Å². The molecule has 2 saturated heterocycles. The molecule has 52 heavy (non-hydrogen) atoms. The molecule has 0 amide bonds. The fraction of sp³-hybridized carbons (Fsp3) is 0.375. The van der Waals surface area contributed by atoms with E-state index in [1.807, 2.05) is 0 Å². The molecular formula is C48H48N2O2. The summed E-state index contributed by atoms with van der Waals surface area (Å²) in [4.78, 5) is 2.60. The largest absolute Gasteiger partial charge is 0.366 e. The second-order valence-corrected chi connectivity index (χ2v) is 16.2. The predicted molar refractivity (Wildman–Crippen MR) is 209 cm³/mol. The van der Waals surface area contributed by atoms with E-state index in [2.05, 4.69) is 150 Å². The molecule has 0 radical (unpaired) electrons. The van der Waals surface area contributed by atoms with Gasteiger partial charge in [-0.25, -0.2) is 0 Å². The zero-order chi connectivity index (χ0) is 34.2. The maximum Gasteiger partial charge on any atom is 0.0842 e. The highest BCUT2D eigenvalue weighted by Gasteiger charge is 2.64. The highest BCUT2D eigenvalue weighted by molar-refractivity contribution is 5.67. The Kier molecular flexibility index (Phi) is 7.49. The first-order chi connectivity index (χ1) is 25.8. The van der Waals surface area contributed by atoms with E-state index in [1.165, 1.54) is 40.1 Å². The number of ether oxygens (including phenoxy) is 2. The first-order valence-corrected chi connectivity index (χ1v) is 20.0. The Morgan fingerprint density at radius 1 is 0.769 bits per heavy atom. The van der Waals surface area contributed by atoms with Crippen LogP contribution in [0.3, 0.4) is 0 Å². The number of anilines is 1. The second kappa shape index (κ2) is 12.4. The van der Waals surface area contributed by atoms with E-state index in [1.54, 1.807) is 5.57 Å². The third-order valence-corrected chi connectivity index (χ3v) is 13.8. The van der Waals surface area contributed by atoms with Crippen molar-refractivity contribution in [2.75, 3.05) is 11.4 Å². The van der Waals surface area contributed by atoms with Crippen LogP contribution in [0.2, 0.25) is 0 Å². The third kappa shape index (κ3) is 4.63. The van der Waals surface area contributed by atoms with Crippen LogP contribution in [0, 0.1) is 29.1 Å². The number of rotatable bonds is 3. The third-order valence-electron chi connectivity index (χ3n) is 13.8. The number of fused-ring (bicyclic) bond motifs is 10. The summed E-state index contributed by atoms with van der Waals surface area (Å²) >= 11 is 0. The molecule has 11 atom stereocenters. The molecule has 11 unspecified atom stereocenters. The van der Waals surface area contributed by atoms with Gasteiger partial charge in [-0.05, 0) is 84.6 Å². The monoisotopic (exact) mass is 684 g/mol. The van der Waals surface area contributed by atoms with Crippen LogP contribution in [0.5, 0.6) is 0 Å². The second-order valence-electron chi connectivity index (χ2n) is 16.2. The van der Waals surface area contributed by atoms with E-state index >= 15 is 0 Å². The Balaban J connectivity index is 1.04. The number of nitrogens with one attached hydrogen (secondary N) is 1. The Labute approximate surface area is 308 Å². The van der Waals surface area contributed by atoms with Crippen LogP contribution >= 0.6 is 0 Å². The molecule has 4 aliphatic heterocycles. The molecule has 1 aromatic rings. The molecule has 0 saturated carbocycles. The molecule has 4 heteroatoms. The Bertz CT molecular complexity index is 2030. The van der Waals surface area contributed by atoms with Crippen LogP contribution in [0.25, 0.3) is 0 Å². The zero-order valence-electron chi connectivity index (χ0n) is 29.8. The highest BCUT2D eigenvalue weighted by atomic mass is 16.5. The van der Waals surface area contributed by atoms with Gasteiger partial charge >= 0.3 is 0 Å². The fourth-order valence-electron chi connectivity index (χ4n) is 11.8. The summed E-state index contributed by atoms with van der Waals surface area (Å²) in [5, 5.41) is 3.74. The van der Waals surface area contributed by atoms with E-state index in [0.717, 1.165) is 38.6 Å². The van der Waals surface area contributed by atoms with Crippen LogP contribution in [0.4, 0.5) is 5.69 Å². The van der Waals surface area contributed by atoms with Crippen LogP contribution < -0.4 is 10.2 Å². The van der Waals surface area contributed by atoms with Gasteiger partial charge in [0.15, 0.2) is 0 Å². The van der Waals surface area contributed by atoms with Crippen molar-refractivity contribution in [1.82, 2.24) is 5.32 Å². The normalized spacial score (nSPS) is 40.6. The maximum absolute atomic E-state index is 7.31. The van der Waals surface area contributed by atoms with Gasteiger partial charge in [-0.1, -0.05) is 121 Å². The number of hydrogen-bond acceptors (Lipinski definition) is 4. The average molecular weight is 685 g/mol. The molecule has 2 fully saturated rings. The topological polar surface area (TPSA) is 33.7 Å². The lowest BCUT2D eigenvalue weighted by molar-refractivity contribution is -0.177. The molecule has 6 aliphatic carbocycles. The van der Waals surface area contributed by atoms with Crippen LogP contribution in [0.1, 0.15) is 38.5 Å². The van der Waals surface area contributed by atoms with Crippen molar-refractivity contribution >= 4 is 5.69 Å². The van der Waals surface area contributed by atoms with Crippen molar-refractivity contribution in [3.05, 3.63) is 173 Å². The zero-order valence-corrected chi connectivity index (χ0v) is 29.8. The summed E-state index contributed by atoms with van der Waals surface area (Å²) in [6.07, 6.45) is 50.3. The lowest BCUT2D eigenvalue weighted by Crippen LogP contribution is -2.64. The Hall–Kier alpha value is -4.22. The van der Waals surface area contributed by atoms with Crippen LogP contribution in [-0.2, 0) is 9.47 Å². The van der Waals surface area contributed by atoms with Gasteiger partial charge < -0.3 is 19.7 Å². The summed E-state index contributed by atoms with van der Waals surface area (Å²) in [5.74, 6) is 0.947. The molecule has 4 heterocycles. The van der Waals surface area contributed by atoms with Gasteiger partial charge in [0.05, 0.1) is 30.5 Å². The van der Waals surface area contributed by atoms with Crippen molar-refractivity contribution in [2.24, 2.45) is 29.1 Å². The van der Waals surface area contributed by atoms with Crippen LogP contribution in [0.15, 0.2) is 173 Å². The molecule has 10 aliphatic rings. The van der Waals surface area contributed by atoms with Crippen molar-refractivity contribution < 1.29 is 9.47 Å². The summed E-state index contributed by atoms with van der Waals surface area (Å²) in [6.45, 7) is 0.924. The van der Waals surface area contributed by atoms with Crippen LogP contribution in [-0.4, -0.2) is 43.0 Å². The smallest absolute Gasteiger partial charge is 0.0842 e. The quantitative estimate of drug-likeness (QED) is 0.322. The lowest BCUT2D eigenvalue weighted by atomic mass is 9.46. The van der Waals surface area contributed by atoms with Crippen molar-refractivity contribution in [2.45, 2.75) is 75.0 Å². The number of para-hydroxylation sites is 1. The van der Waals surface area contributed by atoms with Gasteiger partial charge in [-0.2, -0.15) is 0 Å². The standard InChI is InChI=1S/C48H48N2O2/c1-2-13-33(14-3-1)50-41-20-7-4-15-35(41)47-34(16-12-21-42(47)50)31-25-27-45-39(29-31)48(36-17-5-8-22-43(36)51-44-23-9-6-18-37(44)48)38-26-24-32(30-46(38)52-45)40-19-10-11-28-49-40/h1-3,5,7-8,10-14,16-18,20-22,24-27,29-30,36,38-40,42-47,49H,4,6,9,15,19,23,28H2. The molecule has 4 nitrogen and oxygen atoms in total. The molecule has 262 valence electrons. The number of benzene rings is 1. The summed E-state index contributed by atoms with van der Waals surface area (Å²) in [5.41, 5.74) is 9.82. The van der Waals surface area contributed by atoms with Crippen molar-refractivity contribution in [3.63, 3.8) is 0 Å². The van der Waals surface area contributed by atoms with Crippen molar-refractivity contribution in [1.29, 1.82) is 0 Å². The minimum atomic E-state index is -0.161. The number of hydrogen-bond donors (Lipinski definition) is 1. The summed E-state index contributed by atoms with van der Waals surface area (Å²) in [7, 11) is 0. The average Bonchev–Trinajstić information content (AvgIpc) is 3.56. The Morgan fingerprint density at radius 2 is 1.67 bits per heavy atom. The molecule has 11 rings (SSSR count). The Morgan fingerprint density at radius 3 is 2.60 bits per heavy atom. The summed E-state index contributed by atoms with van der Waals surface area (Å²) in [6, 6.07) is 11.6. The summed E-state index contributed by atoms with van der Waals surface area (Å²) < 4.78 is 14.3. The minimum Gasteiger partial charge on any atom is -0.366 e. The lowest BCUT2D eigenvalue weighted by Gasteiger charge is -2.63. The molecule has 0 aromatic heterocycles.